The fourth-order valence-electron chi connectivity index (χ4n) is 2.06. The number of carbonyl (C=O) groups is 1. The van der Waals surface area contributed by atoms with E-state index in [1.54, 1.807) is 35.4 Å². The molecule has 2 amide bonds. The summed E-state index contributed by atoms with van der Waals surface area (Å²) in [5, 5.41) is 3.39. The molecule has 5 nitrogen and oxygen atoms in total. The number of nitrogens with one attached hydrogen (secondary N) is 1. The minimum atomic E-state index is -0.165. The SMILES string of the molecule is O=C(Nc1cccc(Cl)c1)N1CC(Oc2ncccc2Br)C1. The van der Waals surface area contributed by atoms with Gasteiger partial charge < -0.3 is 15.0 Å². The molecule has 1 aliphatic heterocycles. The van der Waals surface area contributed by atoms with Gasteiger partial charge in [-0.25, -0.2) is 9.78 Å². The van der Waals surface area contributed by atoms with Gasteiger partial charge >= 0.3 is 6.03 Å². The molecule has 3 rings (SSSR count). The zero-order valence-electron chi connectivity index (χ0n) is 11.5. The maximum atomic E-state index is 12.1. The van der Waals surface area contributed by atoms with Crippen molar-refractivity contribution in [2.75, 3.05) is 18.4 Å². The number of hydrogen-bond donors (Lipinski definition) is 1. The second-order valence-electron chi connectivity index (χ2n) is 4.88. The third-order valence-electron chi connectivity index (χ3n) is 3.21. The fraction of sp³-hybridized carbons (Fsp3) is 0.200. The van der Waals surface area contributed by atoms with E-state index in [0.29, 0.717) is 29.7 Å². The number of aromatic nitrogens is 1. The van der Waals surface area contributed by atoms with Crippen LogP contribution in [0.1, 0.15) is 0 Å². The summed E-state index contributed by atoms with van der Waals surface area (Å²) >= 11 is 9.27. The lowest BCUT2D eigenvalue weighted by Crippen LogP contribution is -2.57. The molecule has 1 saturated heterocycles. The number of carbonyl (C=O) groups excluding carboxylic acids is 1. The molecule has 114 valence electrons. The van der Waals surface area contributed by atoms with Crippen molar-refractivity contribution in [2.24, 2.45) is 0 Å². The van der Waals surface area contributed by atoms with Crippen molar-refractivity contribution in [3.63, 3.8) is 0 Å². The highest BCUT2D eigenvalue weighted by molar-refractivity contribution is 9.10. The molecule has 0 unspecified atom stereocenters. The van der Waals surface area contributed by atoms with Crippen LogP contribution < -0.4 is 10.1 Å². The molecule has 0 radical (unpaired) electrons. The smallest absolute Gasteiger partial charge is 0.322 e. The van der Waals surface area contributed by atoms with Gasteiger partial charge in [-0.15, -0.1) is 0 Å². The zero-order chi connectivity index (χ0) is 15.5. The van der Waals surface area contributed by atoms with Gasteiger partial charge in [0.05, 0.1) is 17.6 Å². The van der Waals surface area contributed by atoms with Crippen molar-refractivity contribution in [2.45, 2.75) is 6.10 Å². The molecule has 1 aromatic carbocycles. The molecule has 2 aromatic rings. The first kappa shape index (κ1) is 15.1. The Kier molecular flexibility index (Phi) is 4.49. The van der Waals surface area contributed by atoms with Gasteiger partial charge in [0.2, 0.25) is 5.88 Å². The van der Waals surface area contributed by atoms with Gasteiger partial charge in [0, 0.05) is 16.9 Å². The van der Waals surface area contributed by atoms with E-state index in [9.17, 15) is 4.79 Å². The number of hydrogen-bond acceptors (Lipinski definition) is 3. The highest BCUT2D eigenvalue weighted by Gasteiger charge is 2.33. The number of halogens is 2. The molecular weight excluding hydrogens is 370 g/mol. The molecule has 2 heterocycles. The van der Waals surface area contributed by atoms with E-state index >= 15 is 0 Å². The number of amides is 2. The number of nitrogens with zero attached hydrogens (tertiary/aromatic N) is 2. The van der Waals surface area contributed by atoms with Crippen LogP contribution in [0.25, 0.3) is 0 Å². The molecule has 0 spiro atoms. The number of urea groups is 1. The Morgan fingerprint density at radius 1 is 1.36 bits per heavy atom. The zero-order valence-corrected chi connectivity index (χ0v) is 13.8. The van der Waals surface area contributed by atoms with Gasteiger partial charge in [-0.3, -0.25) is 0 Å². The minimum Gasteiger partial charge on any atom is -0.470 e. The number of benzene rings is 1. The van der Waals surface area contributed by atoms with E-state index in [4.69, 9.17) is 16.3 Å². The number of rotatable bonds is 3. The van der Waals surface area contributed by atoms with Crippen LogP contribution >= 0.6 is 27.5 Å². The summed E-state index contributed by atoms with van der Waals surface area (Å²) < 4.78 is 6.53. The Morgan fingerprint density at radius 3 is 2.91 bits per heavy atom. The maximum absolute atomic E-state index is 12.1. The monoisotopic (exact) mass is 381 g/mol. The highest BCUT2D eigenvalue weighted by atomic mass is 79.9. The Balaban J connectivity index is 1.51. The van der Waals surface area contributed by atoms with E-state index in [-0.39, 0.29) is 12.1 Å². The van der Waals surface area contributed by atoms with Crippen LogP contribution in [0.15, 0.2) is 47.1 Å². The minimum absolute atomic E-state index is 0.0451. The van der Waals surface area contributed by atoms with Crippen LogP contribution in [0.5, 0.6) is 5.88 Å². The molecule has 0 saturated carbocycles. The Morgan fingerprint density at radius 2 is 2.18 bits per heavy atom. The van der Waals surface area contributed by atoms with Crippen molar-refractivity contribution < 1.29 is 9.53 Å². The van der Waals surface area contributed by atoms with Gasteiger partial charge in [0.15, 0.2) is 0 Å². The quantitative estimate of drug-likeness (QED) is 0.878. The van der Waals surface area contributed by atoms with Crippen molar-refractivity contribution in [1.29, 1.82) is 0 Å². The molecular formula is C15H13BrClN3O2. The van der Waals surface area contributed by atoms with E-state index < -0.39 is 0 Å². The molecule has 1 N–H and O–H groups in total. The third-order valence-corrected chi connectivity index (χ3v) is 4.05. The van der Waals surface area contributed by atoms with Crippen LogP contribution in [0.2, 0.25) is 5.02 Å². The lowest BCUT2D eigenvalue weighted by molar-refractivity contribution is 0.0455. The summed E-state index contributed by atoms with van der Waals surface area (Å²) in [7, 11) is 0. The van der Waals surface area contributed by atoms with Crippen molar-refractivity contribution in [1.82, 2.24) is 9.88 Å². The molecule has 1 fully saturated rings. The first-order valence-corrected chi connectivity index (χ1v) is 7.87. The van der Waals surface area contributed by atoms with E-state index in [0.717, 1.165) is 4.47 Å². The number of ether oxygens (including phenoxy) is 1. The molecule has 1 aliphatic rings. The van der Waals surface area contributed by atoms with E-state index in [1.165, 1.54) is 0 Å². The highest BCUT2D eigenvalue weighted by Crippen LogP contribution is 2.25. The van der Waals surface area contributed by atoms with Crippen LogP contribution in [0, 0.1) is 0 Å². The summed E-state index contributed by atoms with van der Waals surface area (Å²) in [6.07, 6.45) is 1.62. The molecule has 22 heavy (non-hydrogen) atoms. The van der Waals surface area contributed by atoms with Gasteiger partial charge in [0.1, 0.15) is 6.10 Å². The van der Waals surface area contributed by atoms with Crippen molar-refractivity contribution >= 4 is 39.2 Å². The summed E-state index contributed by atoms with van der Waals surface area (Å²) in [6, 6.07) is 10.6. The predicted octanol–water partition coefficient (Wildman–Crippen LogP) is 3.79. The summed E-state index contributed by atoms with van der Waals surface area (Å²) in [4.78, 5) is 17.9. The van der Waals surface area contributed by atoms with Crippen LogP contribution in [0.4, 0.5) is 10.5 Å². The second-order valence-corrected chi connectivity index (χ2v) is 6.17. The molecule has 0 atom stereocenters. The van der Waals surface area contributed by atoms with Crippen molar-refractivity contribution in [3.8, 4) is 5.88 Å². The second kappa shape index (κ2) is 6.54. The van der Waals surface area contributed by atoms with E-state index in [1.807, 2.05) is 12.1 Å². The van der Waals surface area contributed by atoms with Gasteiger partial charge in [0.25, 0.3) is 0 Å². The molecule has 0 aliphatic carbocycles. The van der Waals surface area contributed by atoms with Gasteiger partial charge in [-0.1, -0.05) is 17.7 Å². The predicted molar refractivity (Wildman–Crippen MR) is 88.4 cm³/mol. The van der Waals surface area contributed by atoms with E-state index in [2.05, 4.69) is 26.2 Å². The summed E-state index contributed by atoms with van der Waals surface area (Å²) in [5.41, 5.74) is 0.675. The summed E-state index contributed by atoms with van der Waals surface area (Å²) in [6.45, 7) is 1.05. The normalized spacial score (nSPS) is 14.4. The largest absolute Gasteiger partial charge is 0.470 e. The lowest BCUT2D eigenvalue weighted by atomic mass is 10.2. The standard InChI is InChI=1S/C15H13BrClN3O2/c16-13-5-2-6-18-14(13)22-12-8-20(9-12)15(21)19-11-4-1-3-10(17)7-11/h1-7,12H,8-9H2,(H,19,21). The van der Waals surface area contributed by atoms with Crippen LogP contribution in [0.3, 0.4) is 0 Å². The number of likely N-dealkylation sites (tertiary alicyclic amines) is 1. The fourth-order valence-corrected chi connectivity index (χ4v) is 2.60. The lowest BCUT2D eigenvalue weighted by Gasteiger charge is -2.38. The van der Waals surface area contributed by atoms with Crippen LogP contribution in [-0.4, -0.2) is 35.1 Å². The first-order chi connectivity index (χ1) is 10.6. The topological polar surface area (TPSA) is 54.5 Å². The van der Waals surface area contributed by atoms with Gasteiger partial charge in [-0.05, 0) is 46.3 Å². The van der Waals surface area contributed by atoms with Crippen LogP contribution in [-0.2, 0) is 0 Å². The van der Waals surface area contributed by atoms with Crippen molar-refractivity contribution in [3.05, 3.63) is 52.1 Å². The number of pyridine rings is 1. The summed E-state index contributed by atoms with van der Waals surface area (Å²) in [5.74, 6) is 0.544. The molecule has 1 aromatic heterocycles. The number of anilines is 1. The molecule has 0 bridgehead atoms. The third kappa shape index (κ3) is 3.51. The Hall–Kier alpha value is -1.79. The average Bonchev–Trinajstić information content (AvgIpc) is 2.44. The van der Waals surface area contributed by atoms with Gasteiger partial charge in [-0.2, -0.15) is 0 Å². The maximum Gasteiger partial charge on any atom is 0.322 e. The molecule has 7 heteroatoms. The average molecular weight is 383 g/mol. The Bertz CT molecular complexity index is 692. The first-order valence-electron chi connectivity index (χ1n) is 6.70. The Labute approximate surface area is 141 Å².